The minimum Gasteiger partial charge on any atom is -0.309 e. The zero-order valence-electron chi connectivity index (χ0n) is 11.4. The molecule has 2 aromatic rings. The van der Waals surface area contributed by atoms with Gasteiger partial charge in [-0.05, 0) is 38.7 Å². The lowest BCUT2D eigenvalue weighted by Crippen LogP contribution is -2.35. The summed E-state index contributed by atoms with van der Waals surface area (Å²) in [7, 11) is 4.19. The third-order valence-corrected chi connectivity index (χ3v) is 3.02. The molecule has 0 spiro atoms. The first-order valence-corrected chi connectivity index (χ1v) is 6.37. The molecule has 1 heterocycles. The molecule has 0 amide bonds. The summed E-state index contributed by atoms with van der Waals surface area (Å²) in [5.41, 5.74) is 2.38. The van der Waals surface area contributed by atoms with Crippen molar-refractivity contribution in [3.8, 4) is 0 Å². The molecule has 3 heteroatoms. The van der Waals surface area contributed by atoms with Crippen molar-refractivity contribution in [3.05, 3.63) is 42.1 Å². The number of hydrogen-bond acceptors (Lipinski definition) is 3. The van der Waals surface area contributed by atoms with Crippen molar-refractivity contribution in [2.24, 2.45) is 0 Å². The number of benzene rings is 1. The number of fused-ring (bicyclic) bond motifs is 1. The molecule has 18 heavy (non-hydrogen) atoms. The van der Waals surface area contributed by atoms with Crippen LogP contribution in [0.1, 0.15) is 12.5 Å². The maximum Gasteiger partial charge on any atom is 0.0705 e. The van der Waals surface area contributed by atoms with Crippen LogP contribution >= 0.6 is 0 Å². The fourth-order valence-electron chi connectivity index (χ4n) is 2.21. The number of aromatic nitrogens is 1. The number of nitrogens with one attached hydrogen (secondary N) is 1. The van der Waals surface area contributed by atoms with Crippen LogP contribution < -0.4 is 5.32 Å². The summed E-state index contributed by atoms with van der Waals surface area (Å²) in [5, 5.41) is 4.79. The first-order valence-electron chi connectivity index (χ1n) is 6.37. The molecule has 1 aromatic heterocycles. The predicted molar refractivity (Wildman–Crippen MR) is 76.6 cm³/mol. The molecule has 3 nitrogen and oxygen atoms in total. The molecule has 0 aliphatic heterocycles. The molecule has 2 rings (SSSR count). The van der Waals surface area contributed by atoms with E-state index in [0.29, 0.717) is 6.04 Å². The van der Waals surface area contributed by atoms with Crippen molar-refractivity contribution in [2.75, 3.05) is 20.6 Å². The van der Waals surface area contributed by atoms with Crippen molar-refractivity contribution in [3.63, 3.8) is 0 Å². The quantitative estimate of drug-likeness (QED) is 0.873. The highest BCUT2D eigenvalue weighted by Gasteiger charge is 2.05. The summed E-state index contributed by atoms with van der Waals surface area (Å²) < 4.78 is 0. The summed E-state index contributed by atoms with van der Waals surface area (Å²) >= 11 is 0. The Hall–Kier alpha value is -1.45. The molecule has 1 N–H and O–H groups in total. The van der Waals surface area contributed by atoms with Gasteiger partial charge in [0, 0.05) is 30.7 Å². The highest BCUT2D eigenvalue weighted by atomic mass is 15.1. The molecular weight excluding hydrogens is 222 g/mol. The van der Waals surface area contributed by atoms with Gasteiger partial charge in [-0.25, -0.2) is 0 Å². The second kappa shape index (κ2) is 5.94. The van der Waals surface area contributed by atoms with Crippen LogP contribution in [0.5, 0.6) is 0 Å². The average Bonchev–Trinajstić information content (AvgIpc) is 2.35. The minimum absolute atomic E-state index is 0.479. The fraction of sp³-hybridized carbons (Fsp3) is 0.400. The molecule has 0 aliphatic rings. The number of nitrogens with zero attached hydrogens (tertiary/aromatic N) is 2. The molecule has 0 bridgehead atoms. The highest BCUT2D eigenvalue weighted by molar-refractivity contribution is 5.81. The van der Waals surface area contributed by atoms with E-state index in [1.807, 2.05) is 12.3 Å². The Labute approximate surface area is 109 Å². The number of rotatable bonds is 5. The Morgan fingerprint density at radius 1 is 1.22 bits per heavy atom. The van der Waals surface area contributed by atoms with Crippen LogP contribution in [0, 0.1) is 0 Å². The lowest BCUT2D eigenvalue weighted by Gasteiger charge is -2.18. The summed E-state index contributed by atoms with van der Waals surface area (Å²) in [4.78, 5) is 6.58. The van der Waals surface area contributed by atoms with Crippen LogP contribution in [-0.2, 0) is 6.54 Å². The van der Waals surface area contributed by atoms with Crippen LogP contribution in [0.25, 0.3) is 10.9 Å². The second-order valence-electron chi connectivity index (χ2n) is 5.03. The van der Waals surface area contributed by atoms with Gasteiger partial charge in [-0.3, -0.25) is 4.98 Å². The molecule has 0 saturated heterocycles. The van der Waals surface area contributed by atoms with Gasteiger partial charge in [-0.1, -0.05) is 18.2 Å². The standard InChI is InChI=1S/C15H21N3/c1-12(11-18(2)3)17-10-13-8-9-16-15-7-5-4-6-14(13)15/h4-9,12,17H,10-11H2,1-3H3. The molecule has 1 unspecified atom stereocenters. The lowest BCUT2D eigenvalue weighted by atomic mass is 10.1. The van der Waals surface area contributed by atoms with Gasteiger partial charge in [0.2, 0.25) is 0 Å². The van der Waals surface area contributed by atoms with Crippen LogP contribution in [0.2, 0.25) is 0 Å². The predicted octanol–water partition coefficient (Wildman–Crippen LogP) is 2.27. The third-order valence-electron chi connectivity index (χ3n) is 3.02. The van der Waals surface area contributed by atoms with Gasteiger partial charge in [0.1, 0.15) is 0 Å². The largest absolute Gasteiger partial charge is 0.309 e. The van der Waals surface area contributed by atoms with Crippen LogP contribution in [0.15, 0.2) is 36.5 Å². The first kappa shape index (κ1) is 13.0. The molecule has 0 fully saturated rings. The molecular formula is C15H21N3. The van der Waals surface area contributed by atoms with E-state index in [4.69, 9.17) is 0 Å². The number of likely N-dealkylation sites (N-methyl/N-ethyl adjacent to an activating group) is 1. The van der Waals surface area contributed by atoms with E-state index >= 15 is 0 Å². The van der Waals surface area contributed by atoms with Gasteiger partial charge in [0.25, 0.3) is 0 Å². The van der Waals surface area contributed by atoms with Gasteiger partial charge in [0.15, 0.2) is 0 Å². The number of para-hydroxylation sites is 1. The van der Waals surface area contributed by atoms with Crippen LogP contribution in [-0.4, -0.2) is 36.6 Å². The monoisotopic (exact) mass is 243 g/mol. The maximum atomic E-state index is 4.38. The Bertz CT molecular complexity index is 503. The van der Waals surface area contributed by atoms with Crippen molar-refractivity contribution in [2.45, 2.75) is 19.5 Å². The van der Waals surface area contributed by atoms with Crippen molar-refractivity contribution in [1.29, 1.82) is 0 Å². The highest BCUT2D eigenvalue weighted by Crippen LogP contribution is 2.15. The second-order valence-corrected chi connectivity index (χ2v) is 5.03. The SMILES string of the molecule is CC(CN(C)C)NCc1ccnc2ccccc12. The molecule has 96 valence electrons. The summed E-state index contributed by atoms with van der Waals surface area (Å²) in [6, 6.07) is 10.9. The zero-order valence-corrected chi connectivity index (χ0v) is 11.4. The Morgan fingerprint density at radius 3 is 2.78 bits per heavy atom. The van der Waals surface area contributed by atoms with Gasteiger partial charge in [-0.15, -0.1) is 0 Å². The zero-order chi connectivity index (χ0) is 13.0. The molecule has 0 saturated carbocycles. The Kier molecular flexibility index (Phi) is 4.28. The van der Waals surface area contributed by atoms with Crippen molar-refractivity contribution in [1.82, 2.24) is 15.2 Å². The fourth-order valence-corrected chi connectivity index (χ4v) is 2.21. The van der Waals surface area contributed by atoms with Gasteiger partial charge in [0.05, 0.1) is 5.52 Å². The molecule has 0 aliphatic carbocycles. The van der Waals surface area contributed by atoms with E-state index in [2.05, 4.69) is 60.5 Å². The lowest BCUT2D eigenvalue weighted by molar-refractivity contribution is 0.349. The van der Waals surface area contributed by atoms with Gasteiger partial charge in [-0.2, -0.15) is 0 Å². The smallest absolute Gasteiger partial charge is 0.0705 e. The number of pyridine rings is 1. The van der Waals surface area contributed by atoms with E-state index < -0.39 is 0 Å². The maximum absolute atomic E-state index is 4.38. The minimum atomic E-state index is 0.479. The molecule has 1 aromatic carbocycles. The normalized spacial score (nSPS) is 13.1. The van der Waals surface area contributed by atoms with Crippen molar-refractivity contribution >= 4 is 10.9 Å². The molecule has 1 atom stereocenters. The topological polar surface area (TPSA) is 28.2 Å². The number of hydrogen-bond donors (Lipinski definition) is 1. The third kappa shape index (κ3) is 3.28. The molecule has 0 radical (unpaired) electrons. The van der Waals surface area contributed by atoms with E-state index in [0.717, 1.165) is 18.6 Å². The Balaban J connectivity index is 2.08. The van der Waals surface area contributed by atoms with E-state index in [9.17, 15) is 0 Å². The van der Waals surface area contributed by atoms with E-state index in [1.165, 1.54) is 10.9 Å². The van der Waals surface area contributed by atoms with Crippen LogP contribution in [0.4, 0.5) is 0 Å². The summed E-state index contributed by atoms with van der Waals surface area (Å²) in [5.74, 6) is 0. The van der Waals surface area contributed by atoms with Crippen molar-refractivity contribution < 1.29 is 0 Å². The van der Waals surface area contributed by atoms with E-state index in [1.54, 1.807) is 0 Å². The Morgan fingerprint density at radius 2 is 2.00 bits per heavy atom. The van der Waals surface area contributed by atoms with Gasteiger partial charge < -0.3 is 10.2 Å². The summed E-state index contributed by atoms with van der Waals surface area (Å²) in [6.45, 7) is 4.14. The van der Waals surface area contributed by atoms with E-state index in [-0.39, 0.29) is 0 Å². The van der Waals surface area contributed by atoms with Gasteiger partial charge >= 0.3 is 0 Å². The summed E-state index contributed by atoms with van der Waals surface area (Å²) in [6.07, 6.45) is 1.88. The first-order chi connectivity index (χ1) is 8.66. The van der Waals surface area contributed by atoms with Crippen LogP contribution in [0.3, 0.4) is 0 Å². The average molecular weight is 243 g/mol.